The third-order valence-corrected chi connectivity index (χ3v) is 19.7. The molecule has 0 aliphatic heterocycles. The quantitative estimate of drug-likeness (QED) is 0.0785. The molecule has 12 fully saturated rings. The first-order chi connectivity index (χ1) is 45.2. The maximum Gasteiger partial charge on any atom is 0.397 e. The zero-order chi connectivity index (χ0) is 80.6. The average molecular weight is 1620 g/mol. The van der Waals surface area contributed by atoms with Gasteiger partial charge in [0, 0.05) is 5.92 Å². The Balaban J connectivity index is 0.934. The minimum atomic E-state index is -8.59. The zero-order valence-electron chi connectivity index (χ0n) is 47.2. The number of aliphatic hydroxyl groups excluding tert-OH is 3. The van der Waals surface area contributed by atoms with Crippen LogP contribution in [0.2, 0.25) is 0 Å². The summed E-state index contributed by atoms with van der Waals surface area (Å²) in [7, 11) is 0. The van der Waals surface area contributed by atoms with Crippen molar-refractivity contribution in [3.63, 3.8) is 0 Å². The Labute approximate surface area is 531 Å². The van der Waals surface area contributed by atoms with Crippen molar-refractivity contribution >= 4 is 17.3 Å². The molecule has 0 spiro atoms. The summed E-state index contributed by atoms with van der Waals surface area (Å²) in [5.41, 5.74) is -123. The van der Waals surface area contributed by atoms with Crippen LogP contribution in [0, 0.1) is 5.92 Å². The summed E-state index contributed by atoms with van der Waals surface area (Å²) < 4.78 is 712. The van der Waals surface area contributed by atoms with E-state index in [9.17, 15) is 56.0 Å². The minimum Gasteiger partial charge on any atom is -0.388 e. The molecule has 3 N–H and O–H groups in total. The summed E-state index contributed by atoms with van der Waals surface area (Å²) in [4.78, 5) is 36.9. The van der Waals surface area contributed by atoms with Gasteiger partial charge in [-0.1, -0.05) is 0 Å². The number of rotatable bonds is 24. The van der Waals surface area contributed by atoms with Gasteiger partial charge in [-0.15, -0.1) is 0 Å². The van der Waals surface area contributed by atoms with Crippen LogP contribution < -0.4 is 0 Å². The number of hydrogen-bond donors (Lipinski definition) is 3. The molecule has 12 rings (SSSR count). The summed E-state index contributed by atoms with van der Waals surface area (Å²) in [6, 6.07) is 0. The predicted molar refractivity (Wildman–Crippen MR) is 219 cm³/mol. The number of ketones is 3. The van der Waals surface area contributed by atoms with Crippen LogP contribution in [0.1, 0.15) is 0 Å². The molecule has 0 aromatic rings. The van der Waals surface area contributed by atoms with Crippen LogP contribution in [0.15, 0.2) is 0 Å². The van der Waals surface area contributed by atoms with Gasteiger partial charge in [-0.05, 0) is 0 Å². The Hall–Kier alpha value is -4.50. The number of Topliss-reactive ketones (excluding diaryl/α,β-unsaturated/α-hetero) is 3. The monoisotopic (exact) mass is 1620 g/mol. The number of alkyl halides is 45. The average Bonchev–Trinajstić information content (AvgIpc) is 0.606. The van der Waals surface area contributed by atoms with Gasteiger partial charge in [-0.25, -0.2) is 65.9 Å². The second kappa shape index (κ2) is 20.3. The van der Waals surface area contributed by atoms with E-state index in [1.165, 1.54) is 0 Å². The third kappa shape index (κ3) is 6.69. The van der Waals surface area contributed by atoms with Gasteiger partial charge < -0.3 is 43.7 Å². The largest absolute Gasteiger partial charge is 0.397 e. The van der Waals surface area contributed by atoms with Gasteiger partial charge in [0.25, 0.3) is 51.0 Å². The van der Waals surface area contributed by atoms with Crippen LogP contribution in [0.25, 0.3) is 0 Å². The van der Waals surface area contributed by atoms with Gasteiger partial charge in [0.15, 0.2) is 0 Å². The highest BCUT2D eigenvalue weighted by atomic mass is 19.4. The molecule has 0 aromatic heterocycles. The molecule has 0 saturated heterocycles. The lowest BCUT2D eigenvalue weighted by molar-refractivity contribution is -0.555. The molecule has 18 atom stereocenters. The van der Waals surface area contributed by atoms with E-state index < -0.39 is 275 Å². The van der Waals surface area contributed by atoms with Gasteiger partial charge in [0.2, 0.25) is 17.3 Å². The fourth-order valence-electron chi connectivity index (χ4n) is 14.4. The second-order valence-electron chi connectivity index (χ2n) is 24.7. The molecule has 0 amide bonds. The highest BCUT2D eigenvalue weighted by Gasteiger charge is 3.25. The molecule has 12 aliphatic rings. The SMILES string of the molecule is O=C1C2(F)C(F)(F)C3(F)C(F)(F)C1(F)C(F)(C(F)(F)OCC(O)COCC(COCC(O)COC(F)(F)C1(F)C4(F)C(=O)C5(F)C(F)(F)C(F)(C4(F)F)C(F)(F)C1(F)C5(F)F)COCC(O)COC(F)(F)C1(F)C4(F)C(=O)C5(F)C(F)(F)C(F)(C4(F)F)C(F)(F)C1(F)C5(F)F)C(F)(C2(F)F)C3(F)F. The summed E-state index contributed by atoms with van der Waals surface area (Å²) in [6.07, 6.45) is -34.1. The van der Waals surface area contributed by atoms with E-state index >= 15 is 171 Å². The lowest BCUT2D eigenvalue weighted by Crippen LogP contribution is -3.08. The molecule has 18 unspecified atom stereocenters. The number of halogens is 45. The van der Waals surface area contributed by atoms with Crippen molar-refractivity contribution in [1.29, 1.82) is 0 Å². The van der Waals surface area contributed by atoms with Crippen LogP contribution in [0.3, 0.4) is 0 Å². The molecule has 12 saturated carbocycles. The topological polar surface area (TPSA) is 167 Å². The number of carbonyl (C=O) groups excluding carboxylic acids is 3. The fraction of sp³-hybridized carbons (Fsp3) is 0.935. The third-order valence-electron chi connectivity index (χ3n) is 19.7. The Bertz CT molecular complexity index is 3230. The molecule has 0 heterocycles. The Morgan fingerprint density at radius 3 is 0.563 bits per heavy atom. The van der Waals surface area contributed by atoms with Crippen molar-refractivity contribution in [2.75, 3.05) is 59.5 Å². The molecule has 103 heavy (non-hydrogen) atoms. The van der Waals surface area contributed by atoms with Crippen molar-refractivity contribution in [3.05, 3.63) is 0 Å². The summed E-state index contributed by atoms with van der Waals surface area (Å²) in [5, 5.41) is 30.3. The minimum absolute atomic E-state index is 1.88. The molecule has 596 valence electrons. The standard InChI is InChI=1S/C46H25F45O12/c47-17-14(95)20(50)35(68,69)26(56,41(80,81)29(59,32(17,62)63)38(20,74)75)23(17,53)44(86,87)101-7-11(92)4-98-1-10(2-99-5-12(93)8-102-45(88,89)24(54)18(48)15(96)21(51)36(70,71)27(24,57)42(82,83)30(60,33(18,64)65)39(21,76)77)3-100-6-13(94)9-103-46(90,91)25(55)19(49)16(97)22(52)37(72,73)28(25,58)43(84,85)31(61,34(19,66)67)40(22,78)79/h10-13,92-94H,1-9H2. The van der Waals surface area contributed by atoms with Crippen molar-refractivity contribution in [1.82, 2.24) is 0 Å². The highest BCUT2D eigenvalue weighted by molar-refractivity contribution is 6.06. The van der Waals surface area contributed by atoms with Crippen molar-refractivity contribution in [3.8, 4) is 0 Å². The van der Waals surface area contributed by atoms with Crippen molar-refractivity contribution < 1.29 is 256 Å². The van der Waals surface area contributed by atoms with E-state index in [2.05, 4.69) is 28.4 Å². The van der Waals surface area contributed by atoms with E-state index in [1.807, 2.05) is 0 Å². The maximum atomic E-state index is 16.3. The van der Waals surface area contributed by atoms with Crippen molar-refractivity contribution in [2.45, 2.75) is 193 Å². The van der Waals surface area contributed by atoms with Gasteiger partial charge in [-0.2, -0.15) is 132 Å². The van der Waals surface area contributed by atoms with Crippen LogP contribution >= 0.6 is 0 Å². The van der Waals surface area contributed by atoms with E-state index in [-0.39, 0.29) is 0 Å². The first-order valence-corrected chi connectivity index (χ1v) is 26.5. The zero-order valence-corrected chi connectivity index (χ0v) is 47.2. The molecule has 12 nitrogen and oxygen atoms in total. The molecule has 0 aromatic carbocycles. The summed E-state index contributed by atoms with van der Waals surface area (Å²) in [5.74, 6) is -119. The molecular weight excluding hydrogens is 1600 g/mol. The Morgan fingerprint density at radius 1 is 0.233 bits per heavy atom. The van der Waals surface area contributed by atoms with Crippen LogP contribution in [0.5, 0.6) is 0 Å². The number of hydrogen-bond acceptors (Lipinski definition) is 12. The molecule has 12 aliphatic carbocycles. The normalized spacial score (nSPS) is 46.9. The first kappa shape index (κ1) is 82.6. The van der Waals surface area contributed by atoms with E-state index in [1.54, 1.807) is 0 Å². The number of ether oxygens (including phenoxy) is 6. The van der Waals surface area contributed by atoms with Crippen molar-refractivity contribution in [2.24, 2.45) is 5.92 Å². The molecule has 0 radical (unpaired) electrons. The summed E-state index contributed by atoms with van der Waals surface area (Å²) in [6.45, 7) is -21.5. The fourth-order valence-corrected chi connectivity index (χ4v) is 14.4. The highest BCUT2D eigenvalue weighted by Crippen LogP contribution is 2.90. The lowest BCUT2D eigenvalue weighted by Gasteiger charge is -2.72. The van der Waals surface area contributed by atoms with Gasteiger partial charge in [0.05, 0.1) is 59.5 Å². The smallest absolute Gasteiger partial charge is 0.388 e. The number of carbonyl (C=O) groups is 3. The lowest BCUT2D eigenvalue weighted by atomic mass is 9.38. The first-order valence-electron chi connectivity index (χ1n) is 26.5. The molecular formula is C46H25F45O12. The van der Waals surface area contributed by atoms with Gasteiger partial charge >= 0.3 is 123 Å². The maximum absolute atomic E-state index is 16.3. The molecule has 57 heteroatoms. The van der Waals surface area contributed by atoms with Crippen LogP contribution in [-0.4, -0.2) is 285 Å². The van der Waals surface area contributed by atoms with Crippen LogP contribution in [-0.2, 0) is 42.8 Å². The van der Waals surface area contributed by atoms with E-state index in [0.29, 0.717) is 0 Å². The molecule has 12 bridgehead atoms. The second-order valence-corrected chi connectivity index (χ2v) is 24.7. The Morgan fingerprint density at radius 2 is 0.388 bits per heavy atom. The summed E-state index contributed by atoms with van der Waals surface area (Å²) >= 11 is 0. The van der Waals surface area contributed by atoms with Gasteiger partial charge in [0.1, 0.15) is 18.3 Å². The van der Waals surface area contributed by atoms with Crippen LogP contribution in [0.4, 0.5) is 198 Å². The van der Waals surface area contributed by atoms with E-state index in [4.69, 9.17) is 0 Å². The predicted octanol–water partition coefficient (Wildman–Crippen LogP) is 9.64. The Kier molecular flexibility index (Phi) is 16.3. The number of aliphatic hydroxyl groups is 3. The van der Waals surface area contributed by atoms with Gasteiger partial charge in [-0.3, -0.25) is 14.4 Å². The van der Waals surface area contributed by atoms with E-state index in [0.717, 1.165) is 0 Å².